The fraction of sp³-hybridized carbons (Fsp3) is 0.0588. The Morgan fingerprint density at radius 3 is 2.73 bits per heavy atom. The molecule has 3 rings (SSSR count). The molecule has 0 bridgehead atoms. The van der Waals surface area contributed by atoms with Gasteiger partial charge in [0.1, 0.15) is 17.4 Å². The van der Waals surface area contributed by atoms with Crippen LogP contribution >= 0.6 is 11.3 Å². The number of nitrogens with zero attached hydrogens (tertiary/aromatic N) is 2. The minimum atomic E-state index is 0.437. The fourth-order valence-electron chi connectivity index (χ4n) is 2.02. The molecule has 0 aliphatic heterocycles. The van der Waals surface area contributed by atoms with Gasteiger partial charge in [-0.25, -0.2) is 4.98 Å². The normalized spacial score (nSPS) is 10.4. The van der Waals surface area contributed by atoms with Gasteiger partial charge in [0.05, 0.1) is 11.4 Å². The highest BCUT2D eigenvalue weighted by Gasteiger charge is 2.09. The summed E-state index contributed by atoms with van der Waals surface area (Å²) in [5.74, 6) is 0.662. The van der Waals surface area contributed by atoms with Gasteiger partial charge in [0.15, 0.2) is 0 Å². The van der Waals surface area contributed by atoms with Crippen LogP contribution in [-0.4, -0.2) is 16.6 Å². The van der Waals surface area contributed by atoms with Crippen molar-refractivity contribution in [2.45, 2.75) is 0 Å². The Hall–Kier alpha value is -2.66. The minimum Gasteiger partial charge on any atom is -0.487 e. The summed E-state index contributed by atoms with van der Waals surface area (Å²) in [5, 5.41) is 2.96. The summed E-state index contributed by atoms with van der Waals surface area (Å²) in [7, 11) is 0. The van der Waals surface area contributed by atoms with E-state index in [0.717, 1.165) is 21.8 Å². The fourth-order valence-corrected chi connectivity index (χ4v) is 2.85. The number of anilines is 1. The van der Waals surface area contributed by atoms with Gasteiger partial charge in [0.2, 0.25) is 0 Å². The number of ether oxygens (including phenoxy) is 1. The third-order valence-corrected chi connectivity index (χ3v) is 3.99. The average molecular weight is 309 g/mol. The first kappa shape index (κ1) is 14.3. The number of rotatable bonds is 5. The van der Waals surface area contributed by atoms with E-state index in [1.807, 2.05) is 35.7 Å². The van der Waals surface area contributed by atoms with Crippen LogP contribution in [0.4, 0.5) is 5.69 Å². The molecule has 0 amide bonds. The number of hydrogen-bond donors (Lipinski definition) is 1. The second-order valence-electron chi connectivity index (χ2n) is 4.63. The lowest BCUT2D eigenvalue weighted by Gasteiger charge is -2.07. The second-order valence-corrected chi connectivity index (χ2v) is 5.48. The Labute approximate surface area is 132 Å². The molecule has 5 heteroatoms. The number of thiazole rings is 1. The Kier molecular flexibility index (Phi) is 4.16. The lowest BCUT2D eigenvalue weighted by atomic mass is 10.2. The highest BCUT2D eigenvalue weighted by atomic mass is 32.1. The summed E-state index contributed by atoms with van der Waals surface area (Å²) < 4.78 is 5.48. The van der Waals surface area contributed by atoms with Crippen LogP contribution in [0.5, 0.6) is 5.75 Å². The minimum absolute atomic E-state index is 0.437. The van der Waals surface area contributed by atoms with Gasteiger partial charge in [-0.15, -0.1) is 11.3 Å². The predicted octanol–water partition coefficient (Wildman–Crippen LogP) is 4.02. The molecule has 0 atom stereocenters. The van der Waals surface area contributed by atoms with Gasteiger partial charge in [-0.1, -0.05) is 12.7 Å². The van der Waals surface area contributed by atoms with E-state index in [1.54, 1.807) is 29.8 Å². The second kappa shape index (κ2) is 6.41. The molecule has 0 unspecified atom stereocenters. The van der Waals surface area contributed by atoms with E-state index in [2.05, 4.69) is 16.5 Å². The van der Waals surface area contributed by atoms with Crippen molar-refractivity contribution in [2.24, 2.45) is 0 Å². The molecule has 110 valence electrons. The van der Waals surface area contributed by atoms with Crippen molar-refractivity contribution in [3.63, 3.8) is 0 Å². The van der Waals surface area contributed by atoms with Crippen LogP contribution in [0.15, 0.2) is 60.8 Å². The van der Waals surface area contributed by atoms with E-state index in [9.17, 15) is 0 Å². The maximum Gasteiger partial charge on any atom is 0.142 e. The van der Waals surface area contributed by atoms with Gasteiger partial charge in [0.25, 0.3) is 0 Å². The molecule has 0 aliphatic rings. The number of hydrogen-bond acceptors (Lipinski definition) is 5. The first-order chi connectivity index (χ1) is 10.8. The van der Waals surface area contributed by atoms with Crippen molar-refractivity contribution in [3.8, 4) is 27.6 Å². The molecule has 22 heavy (non-hydrogen) atoms. The molecule has 0 saturated heterocycles. The molecular weight excluding hydrogens is 294 g/mol. The van der Waals surface area contributed by atoms with Gasteiger partial charge in [-0.3, -0.25) is 4.98 Å². The van der Waals surface area contributed by atoms with E-state index < -0.39 is 0 Å². The number of pyridine rings is 1. The van der Waals surface area contributed by atoms with Gasteiger partial charge >= 0.3 is 0 Å². The molecule has 4 nitrogen and oxygen atoms in total. The molecular formula is C17H15N3OS. The number of benzene rings is 1. The van der Waals surface area contributed by atoms with Crippen molar-refractivity contribution >= 4 is 17.0 Å². The summed E-state index contributed by atoms with van der Waals surface area (Å²) >= 11 is 1.59. The van der Waals surface area contributed by atoms with Crippen LogP contribution in [0.1, 0.15) is 0 Å². The number of nitrogen functional groups attached to an aromatic ring is 1. The van der Waals surface area contributed by atoms with Crippen molar-refractivity contribution in [2.75, 3.05) is 12.3 Å². The highest BCUT2D eigenvalue weighted by molar-refractivity contribution is 7.13. The predicted molar refractivity (Wildman–Crippen MR) is 90.9 cm³/mol. The van der Waals surface area contributed by atoms with Crippen molar-refractivity contribution in [3.05, 3.63) is 60.8 Å². The van der Waals surface area contributed by atoms with Gasteiger partial charge in [0, 0.05) is 28.9 Å². The largest absolute Gasteiger partial charge is 0.487 e. The third-order valence-electron chi connectivity index (χ3n) is 3.09. The molecule has 2 aromatic heterocycles. The monoisotopic (exact) mass is 309 g/mol. The van der Waals surface area contributed by atoms with Crippen molar-refractivity contribution in [1.29, 1.82) is 0 Å². The van der Waals surface area contributed by atoms with Gasteiger partial charge < -0.3 is 10.5 Å². The summed E-state index contributed by atoms with van der Waals surface area (Å²) in [4.78, 5) is 8.68. The van der Waals surface area contributed by atoms with Crippen LogP contribution in [0, 0.1) is 0 Å². The number of aromatic nitrogens is 2. The van der Waals surface area contributed by atoms with Crippen LogP contribution in [0.25, 0.3) is 21.8 Å². The van der Waals surface area contributed by atoms with Crippen molar-refractivity contribution < 1.29 is 4.74 Å². The molecule has 0 spiro atoms. The van der Waals surface area contributed by atoms with Crippen molar-refractivity contribution in [1.82, 2.24) is 9.97 Å². The lowest BCUT2D eigenvalue weighted by molar-refractivity contribution is 0.365. The summed E-state index contributed by atoms with van der Waals surface area (Å²) in [5.41, 5.74) is 9.59. The summed E-state index contributed by atoms with van der Waals surface area (Å²) in [6, 6.07) is 9.60. The molecule has 0 aliphatic carbocycles. The zero-order chi connectivity index (χ0) is 15.4. The zero-order valence-corrected chi connectivity index (χ0v) is 12.7. The first-order valence-corrected chi connectivity index (χ1v) is 7.65. The third kappa shape index (κ3) is 2.99. The molecule has 2 heterocycles. The van der Waals surface area contributed by atoms with E-state index in [-0.39, 0.29) is 0 Å². The Morgan fingerprint density at radius 1 is 1.18 bits per heavy atom. The van der Waals surface area contributed by atoms with Crippen LogP contribution in [-0.2, 0) is 0 Å². The van der Waals surface area contributed by atoms with Gasteiger partial charge in [-0.2, -0.15) is 0 Å². The van der Waals surface area contributed by atoms with Crippen LogP contribution in [0.3, 0.4) is 0 Å². The first-order valence-electron chi connectivity index (χ1n) is 6.77. The quantitative estimate of drug-likeness (QED) is 0.571. The summed E-state index contributed by atoms with van der Waals surface area (Å²) in [6.07, 6.45) is 5.21. The van der Waals surface area contributed by atoms with E-state index >= 15 is 0 Å². The van der Waals surface area contributed by atoms with Crippen LogP contribution in [0.2, 0.25) is 0 Å². The average Bonchev–Trinajstić information content (AvgIpc) is 3.04. The van der Waals surface area contributed by atoms with E-state index in [1.165, 1.54) is 0 Å². The molecule has 2 N–H and O–H groups in total. The standard InChI is InChI=1S/C17H15N3OS/c1-2-9-21-16-4-3-13(10-14(16)18)17-20-15(11-22-17)12-5-7-19-8-6-12/h2-8,10-11H,1,9,18H2. The highest BCUT2D eigenvalue weighted by Crippen LogP contribution is 2.32. The Balaban J connectivity index is 1.87. The van der Waals surface area contributed by atoms with Crippen LogP contribution < -0.4 is 10.5 Å². The molecule has 0 saturated carbocycles. The SMILES string of the molecule is C=CCOc1ccc(-c2nc(-c3ccncc3)cs2)cc1N. The lowest BCUT2D eigenvalue weighted by Crippen LogP contribution is -1.97. The Morgan fingerprint density at radius 2 is 2.00 bits per heavy atom. The number of nitrogens with two attached hydrogens (primary N) is 1. The molecule has 1 aromatic carbocycles. The molecule has 0 radical (unpaired) electrons. The molecule has 0 fully saturated rings. The topological polar surface area (TPSA) is 61.0 Å². The zero-order valence-electron chi connectivity index (χ0n) is 11.9. The van der Waals surface area contributed by atoms with E-state index in [0.29, 0.717) is 18.0 Å². The van der Waals surface area contributed by atoms with E-state index in [4.69, 9.17) is 10.5 Å². The van der Waals surface area contributed by atoms with Gasteiger partial charge in [-0.05, 0) is 30.3 Å². The summed E-state index contributed by atoms with van der Waals surface area (Å²) in [6.45, 7) is 4.06. The maximum absolute atomic E-state index is 6.03. The molecule has 3 aromatic rings. The Bertz CT molecular complexity index is 784. The smallest absolute Gasteiger partial charge is 0.142 e. The maximum atomic E-state index is 6.03.